The summed E-state index contributed by atoms with van der Waals surface area (Å²) in [6, 6.07) is 3.79. The van der Waals surface area contributed by atoms with Crippen LogP contribution in [0.25, 0.3) is 0 Å². The molecule has 4 nitrogen and oxygen atoms in total. The van der Waals surface area contributed by atoms with E-state index in [0.29, 0.717) is 18.4 Å². The van der Waals surface area contributed by atoms with Gasteiger partial charge in [0.1, 0.15) is 4.75 Å². The van der Waals surface area contributed by atoms with E-state index >= 15 is 0 Å². The standard InChI is InChI=1S/C15H22F3NO3S/c1-10(19-23(21)14(2,3)4)5-6-11-7-8-12(20)13(9-11)22-15(16,17)18/h7-10,19-20H,5-6H2,1-4H3/t10-,23-/m1/s1. The van der Waals surface area contributed by atoms with Gasteiger partial charge in [-0.2, -0.15) is 0 Å². The van der Waals surface area contributed by atoms with Gasteiger partial charge in [-0.25, -0.2) is 0 Å². The molecule has 0 fully saturated rings. The van der Waals surface area contributed by atoms with Crippen LogP contribution in [0.3, 0.4) is 0 Å². The van der Waals surface area contributed by atoms with Crippen LogP contribution in [-0.2, 0) is 17.8 Å². The third kappa shape index (κ3) is 7.32. The molecule has 2 atom stereocenters. The molecule has 1 rings (SSSR count). The molecular weight excluding hydrogens is 331 g/mol. The zero-order valence-electron chi connectivity index (χ0n) is 13.5. The van der Waals surface area contributed by atoms with Crippen LogP contribution < -0.4 is 9.46 Å². The van der Waals surface area contributed by atoms with Crippen molar-refractivity contribution in [3.05, 3.63) is 23.8 Å². The molecule has 0 unspecified atom stereocenters. The zero-order valence-corrected chi connectivity index (χ0v) is 14.3. The minimum Gasteiger partial charge on any atom is -0.598 e. The van der Waals surface area contributed by atoms with Crippen molar-refractivity contribution in [2.45, 2.75) is 57.7 Å². The molecule has 23 heavy (non-hydrogen) atoms. The number of ether oxygens (including phenoxy) is 1. The highest BCUT2D eigenvalue weighted by atomic mass is 32.2. The van der Waals surface area contributed by atoms with Crippen molar-refractivity contribution < 1.29 is 27.6 Å². The Morgan fingerprint density at radius 2 is 1.91 bits per heavy atom. The normalized spacial score (nSPS) is 15.3. The third-order valence-electron chi connectivity index (χ3n) is 2.98. The fourth-order valence-electron chi connectivity index (χ4n) is 1.72. The summed E-state index contributed by atoms with van der Waals surface area (Å²) in [7, 11) is 0. The van der Waals surface area contributed by atoms with Gasteiger partial charge >= 0.3 is 6.36 Å². The molecule has 0 aliphatic heterocycles. The lowest BCUT2D eigenvalue weighted by molar-refractivity contribution is -0.275. The van der Waals surface area contributed by atoms with Crippen LogP contribution in [0, 0.1) is 0 Å². The molecule has 0 saturated heterocycles. The zero-order chi connectivity index (χ0) is 17.8. The molecule has 8 heteroatoms. The summed E-state index contributed by atoms with van der Waals surface area (Å²) in [5, 5.41) is 9.41. The molecule has 0 amide bonds. The molecule has 0 aliphatic carbocycles. The molecular formula is C15H22F3NO3S. The molecule has 0 saturated carbocycles. The van der Waals surface area contributed by atoms with E-state index in [4.69, 9.17) is 0 Å². The van der Waals surface area contributed by atoms with Crippen LogP contribution in [0.15, 0.2) is 18.2 Å². The SMILES string of the molecule is C[C@H](CCc1ccc(O)c(OC(F)(F)F)c1)N[S@+]([O-])C(C)(C)C. The lowest BCUT2D eigenvalue weighted by Gasteiger charge is -2.26. The predicted molar refractivity (Wildman–Crippen MR) is 83.6 cm³/mol. The van der Waals surface area contributed by atoms with Crippen LogP contribution in [0.1, 0.15) is 39.7 Å². The number of hydrogen-bond donors (Lipinski definition) is 2. The summed E-state index contributed by atoms with van der Waals surface area (Å²) in [5.41, 5.74) is 0.595. The van der Waals surface area contributed by atoms with E-state index in [2.05, 4.69) is 9.46 Å². The van der Waals surface area contributed by atoms with Crippen LogP contribution in [0.5, 0.6) is 11.5 Å². The summed E-state index contributed by atoms with van der Waals surface area (Å²) in [4.78, 5) is 0. The highest BCUT2D eigenvalue weighted by molar-refractivity contribution is 7.90. The minimum absolute atomic E-state index is 0.0733. The number of hydrogen-bond acceptors (Lipinski definition) is 4. The molecule has 1 aromatic rings. The summed E-state index contributed by atoms with van der Waals surface area (Å²) < 4.78 is 55.1. The topological polar surface area (TPSA) is 64.5 Å². The van der Waals surface area contributed by atoms with Gasteiger partial charge in [0.25, 0.3) is 0 Å². The number of aromatic hydroxyl groups is 1. The molecule has 0 spiro atoms. The van der Waals surface area contributed by atoms with Gasteiger partial charge in [-0.1, -0.05) is 6.07 Å². The van der Waals surface area contributed by atoms with Crippen molar-refractivity contribution in [2.24, 2.45) is 0 Å². The minimum atomic E-state index is -4.85. The monoisotopic (exact) mass is 353 g/mol. The molecule has 132 valence electrons. The van der Waals surface area contributed by atoms with Gasteiger partial charge in [0, 0.05) is 11.4 Å². The van der Waals surface area contributed by atoms with E-state index in [1.54, 1.807) is 0 Å². The Balaban J connectivity index is 2.63. The average molecular weight is 353 g/mol. The Morgan fingerprint density at radius 3 is 2.43 bits per heavy atom. The van der Waals surface area contributed by atoms with E-state index in [-0.39, 0.29) is 10.8 Å². The van der Waals surface area contributed by atoms with Crippen molar-refractivity contribution in [1.29, 1.82) is 0 Å². The van der Waals surface area contributed by atoms with Gasteiger partial charge in [0.15, 0.2) is 11.5 Å². The van der Waals surface area contributed by atoms with Gasteiger partial charge in [-0.3, -0.25) is 0 Å². The van der Waals surface area contributed by atoms with Crippen LogP contribution in [0.2, 0.25) is 0 Å². The Bertz CT molecular complexity index is 518. The number of halogens is 3. The maximum Gasteiger partial charge on any atom is 0.573 e. The van der Waals surface area contributed by atoms with E-state index in [1.165, 1.54) is 12.1 Å². The van der Waals surface area contributed by atoms with Crippen molar-refractivity contribution in [2.75, 3.05) is 0 Å². The maximum absolute atomic E-state index is 12.2. The fraction of sp³-hybridized carbons (Fsp3) is 0.600. The number of benzene rings is 1. The Kier molecular flexibility index (Phi) is 6.61. The van der Waals surface area contributed by atoms with Crippen LogP contribution in [0.4, 0.5) is 13.2 Å². The lowest BCUT2D eigenvalue weighted by Crippen LogP contribution is -2.43. The lowest BCUT2D eigenvalue weighted by atomic mass is 10.1. The van der Waals surface area contributed by atoms with Crippen molar-refractivity contribution in [3.63, 3.8) is 0 Å². The second-order valence-corrected chi connectivity index (χ2v) is 8.29. The maximum atomic E-state index is 12.2. The fourth-order valence-corrected chi connectivity index (χ4v) is 2.56. The molecule has 0 aromatic heterocycles. The van der Waals surface area contributed by atoms with Crippen molar-refractivity contribution in [1.82, 2.24) is 4.72 Å². The highest BCUT2D eigenvalue weighted by Crippen LogP contribution is 2.32. The first-order valence-corrected chi connectivity index (χ1v) is 8.29. The smallest absolute Gasteiger partial charge is 0.573 e. The molecule has 2 N–H and O–H groups in total. The Morgan fingerprint density at radius 1 is 1.30 bits per heavy atom. The molecule has 1 aromatic carbocycles. The first-order valence-electron chi connectivity index (χ1n) is 7.14. The van der Waals surface area contributed by atoms with Crippen LogP contribution in [-0.4, -0.2) is 26.8 Å². The van der Waals surface area contributed by atoms with E-state index in [9.17, 15) is 22.8 Å². The first-order chi connectivity index (χ1) is 10.4. The van der Waals surface area contributed by atoms with Crippen molar-refractivity contribution >= 4 is 11.4 Å². The van der Waals surface area contributed by atoms with E-state index < -0.39 is 29.2 Å². The summed E-state index contributed by atoms with van der Waals surface area (Å²) in [6.45, 7) is 7.41. The number of alkyl halides is 3. The Hall–Kier alpha value is -1.12. The highest BCUT2D eigenvalue weighted by Gasteiger charge is 2.32. The first kappa shape index (κ1) is 19.9. The predicted octanol–water partition coefficient (Wildman–Crippen LogP) is 3.66. The largest absolute Gasteiger partial charge is 0.598 e. The number of nitrogens with one attached hydrogen (secondary N) is 1. The van der Waals surface area contributed by atoms with E-state index in [0.717, 1.165) is 6.07 Å². The second kappa shape index (κ2) is 7.63. The second-order valence-electron chi connectivity index (χ2n) is 6.29. The van der Waals surface area contributed by atoms with E-state index in [1.807, 2.05) is 27.7 Å². The number of rotatable bonds is 6. The average Bonchev–Trinajstić information content (AvgIpc) is 2.37. The molecule has 0 bridgehead atoms. The summed E-state index contributed by atoms with van der Waals surface area (Å²) in [6.07, 6.45) is -3.81. The molecule has 0 aliphatic rings. The third-order valence-corrected chi connectivity index (χ3v) is 4.71. The summed E-state index contributed by atoms with van der Waals surface area (Å²) in [5.74, 6) is -1.18. The van der Waals surface area contributed by atoms with Gasteiger partial charge in [-0.15, -0.1) is 17.9 Å². The van der Waals surface area contributed by atoms with Crippen LogP contribution >= 0.6 is 0 Å². The van der Waals surface area contributed by atoms with Gasteiger partial charge in [-0.05, 0) is 58.2 Å². The van der Waals surface area contributed by atoms with Gasteiger partial charge < -0.3 is 14.4 Å². The Labute approximate surface area is 137 Å². The summed E-state index contributed by atoms with van der Waals surface area (Å²) >= 11 is -1.21. The number of aryl methyl sites for hydroxylation is 1. The van der Waals surface area contributed by atoms with Crippen molar-refractivity contribution in [3.8, 4) is 11.5 Å². The number of phenols is 1. The molecule has 0 radical (unpaired) electrons. The van der Waals surface area contributed by atoms with Gasteiger partial charge in [0.2, 0.25) is 0 Å². The quantitative estimate of drug-likeness (QED) is 0.766. The van der Waals surface area contributed by atoms with Gasteiger partial charge in [0.05, 0.1) is 6.04 Å². The molecule has 0 heterocycles. The number of phenolic OH excluding ortho intramolecular Hbond substituents is 1.